The molecule has 2 rings (SSSR count). The minimum Gasteiger partial charge on any atom is -1.00 e. The third-order valence-electron chi connectivity index (χ3n) is 1.99. The van der Waals surface area contributed by atoms with Crippen molar-refractivity contribution in [3.8, 4) is 5.75 Å². The van der Waals surface area contributed by atoms with Crippen LogP contribution < -0.4 is 21.7 Å². The fraction of sp³-hybridized carbons (Fsp3) is 0.0769. The maximum Gasteiger partial charge on any atom is 2.00 e. The van der Waals surface area contributed by atoms with Gasteiger partial charge in [-0.05, 0) is 17.7 Å². The molecule has 17 heavy (non-hydrogen) atoms. The molecule has 0 aliphatic rings. The van der Waals surface area contributed by atoms with Crippen molar-refractivity contribution in [3.05, 3.63) is 65.2 Å². The van der Waals surface area contributed by atoms with Gasteiger partial charge in [0, 0.05) is 10.8 Å². The van der Waals surface area contributed by atoms with E-state index in [1.807, 2.05) is 48.5 Å². The van der Waals surface area contributed by atoms with Gasteiger partial charge in [0.05, 0.1) is 0 Å². The van der Waals surface area contributed by atoms with Crippen LogP contribution in [-0.2, 0) is 6.61 Å². The van der Waals surface area contributed by atoms with Crippen molar-refractivity contribution in [2.24, 2.45) is 0 Å². The zero-order chi connectivity index (χ0) is 10.5. The van der Waals surface area contributed by atoms with E-state index in [4.69, 9.17) is 16.3 Å². The molecular weight excluding hydrogens is 312 g/mol. The van der Waals surface area contributed by atoms with Gasteiger partial charge in [0.15, 0.2) is 0 Å². The van der Waals surface area contributed by atoms with Crippen molar-refractivity contribution >= 4 is 34.7 Å². The topological polar surface area (TPSA) is 9.23 Å². The summed E-state index contributed by atoms with van der Waals surface area (Å²) < 4.78 is 5.53. The van der Waals surface area contributed by atoms with Gasteiger partial charge in [-0.15, -0.1) is 12.1 Å². The zero-order valence-corrected chi connectivity index (χ0v) is 13.0. The predicted molar refractivity (Wildman–Crippen MR) is 66.8 cm³/mol. The quantitative estimate of drug-likeness (QED) is 0.585. The van der Waals surface area contributed by atoms with Crippen LogP contribution >= 0.6 is 11.6 Å². The van der Waals surface area contributed by atoms with Crippen LogP contribution in [0.4, 0.5) is 0 Å². The number of hydrogen-bond donors (Lipinski definition) is 0. The number of hydrogen-bond acceptors (Lipinski definition) is 1. The van der Waals surface area contributed by atoms with E-state index in [1.54, 1.807) is 0 Å². The number of benzene rings is 2. The molecule has 4 heteroatoms. The van der Waals surface area contributed by atoms with Crippen LogP contribution in [0.1, 0.15) is 5.56 Å². The molecule has 0 aliphatic heterocycles. The van der Waals surface area contributed by atoms with Crippen LogP contribution in [-0.4, -0.2) is 23.1 Å². The molecule has 2 aromatic carbocycles. The molecule has 0 radical (unpaired) electrons. The van der Waals surface area contributed by atoms with Crippen molar-refractivity contribution in [2.75, 3.05) is 0 Å². The first-order chi connectivity index (χ1) is 7.34. The minimum absolute atomic E-state index is 0. The Kier molecular flexibility index (Phi) is 8.69. The summed E-state index contributed by atoms with van der Waals surface area (Å²) in [5, 5.41) is 0.741. The van der Waals surface area contributed by atoms with Crippen LogP contribution in [0.2, 0.25) is 5.02 Å². The molecule has 0 heterocycles. The van der Waals surface area contributed by atoms with Crippen molar-refractivity contribution in [3.63, 3.8) is 0 Å². The van der Waals surface area contributed by atoms with E-state index >= 15 is 0 Å². The summed E-state index contributed by atoms with van der Waals surface area (Å²) >= 11 is 5.78. The molecule has 2 aromatic rings. The first-order valence-electron chi connectivity index (χ1n) is 4.68. The Hall–Kier alpha value is -0.224. The molecule has 0 fully saturated rings. The fourth-order valence-electron chi connectivity index (χ4n) is 1.21. The summed E-state index contributed by atoms with van der Waals surface area (Å²) in [6, 6.07) is 18.2. The summed E-state index contributed by atoms with van der Waals surface area (Å²) in [5.74, 6) is 0.757. The van der Waals surface area contributed by atoms with Crippen LogP contribution in [0.15, 0.2) is 48.5 Å². The van der Waals surface area contributed by atoms with E-state index in [-0.39, 0.29) is 40.0 Å². The van der Waals surface area contributed by atoms with Crippen LogP contribution in [0.3, 0.4) is 0 Å². The largest absolute Gasteiger partial charge is 2.00 e. The molecule has 0 N–H and O–H groups in total. The van der Waals surface area contributed by atoms with Gasteiger partial charge in [0.25, 0.3) is 0 Å². The van der Waals surface area contributed by atoms with E-state index in [0.29, 0.717) is 6.61 Å². The Balaban J connectivity index is 0.00000128. The second kappa shape index (κ2) is 8.81. The second-order valence-electron chi connectivity index (χ2n) is 3.14. The molecule has 0 aliphatic carbocycles. The monoisotopic (exact) mass is 320 g/mol. The molecule has 0 unspecified atom stereocenters. The van der Waals surface area contributed by atoms with Crippen LogP contribution in [0.5, 0.6) is 5.75 Å². The van der Waals surface area contributed by atoms with E-state index < -0.39 is 0 Å². The predicted octanol–water partition coefficient (Wildman–Crippen LogP) is 0.342. The van der Waals surface area contributed by atoms with Crippen LogP contribution in [0, 0.1) is 6.07 Å². The zero-order valence-electron chi connectivity index (χ0n) is 9.20. The summed E-state index contributed by atoms with van der Waals surface area (Å²) in [7, 11) is 0. The fourth-order valence-corrected chi connectivity index (χ4v) is 1.33. The van der Waals surface area contributed by atoms with E-state index in [0.717, 1.165) is 16.3 Å². The average molecular weight is 322 g/mol. The van der Waals surface area contributed by atoms with Crippen molar-refractivity contribution in [1.29, 1.82) is 0 Å². The first-order valence-corrected chi connectivity index (χ1v) is 5.06. The Morgan fingerprint density at radius 2 is 1.76 bits per heavy atom. The molecule has 0 spiro atoms. The van der Waals surface area contributed by atoms with Gasteiger partial charge in [-0.2, -0.15) is 18.2 Å². The molecule has 0 saturated carbocycles. The van der Waals surface area contributed by atoms with Gasteiger partial charge >= 0.3 is 23.1 Å². The van der Waals surface area contributed by atoms with Gasteiger partial charge in [0.1, 0.15) is 6.61 Å². The number of rotatable bonds is 3. The normalized spacial score (nSPS) is 8.76. The van der Waals surface area contributed by atoms with Gasteiger partial charge in [-0.25, -0.2) is 0 Å². The Bertz CT molecular complexity index is 419. The molecule has 0 bridgehead atoms. The number of halogens is 2. The third kappa shape index (κ3) is 5.77. The molecule has 1 nitrogen and oxygen atoms in total. The summed E-state index contributed by atoms with van der Waals surface area (Å²) in [6.07, 6.45) is 0. The molecule has 0 aromatic heterocycles. The van der Waals surface area contributed by atoms with Crippen molar-refractivity contribution in [2.45, 2.75) is 6.61 Å². The summed E-state index contributed by atoms with van der Waals surface area (Å²) in [5.41, 5.74) is 1.09. The van der Waals surface area contributed by atoms with Crippen molar-refractivity contribution < 1.29 is 21.7 Å². The first kappa shape index (κ1) is 16.8. The Labute approximate surface area is 133 Å². The molecular formula is C13H10BrClMgO. The number of ether oxygens (including phenoxy) is 1. The SMILES string of the molecule is Clc1ccc(COc2[c-]cccc2)cc1.[Br-].[Mg+2]. The van der Waals surface area contributed by atoms with Gasteiger partial charge in [-0.3, -0.25) is 0 Å². The minimum atomic E-state index is 0. The third-order valence-corrected chi connectivity index (χ3v) is 2.24. The van der Waals surface area contributed by atoms with Gasteiger partial charge < -0.3 is 21.7 Å². The van der Waals surface area contributed by atoms with E-state index in [2.05, 4.69) is 6.07 Å². The maximum atomic E-state index is 5.78. The number of para-hydroxylation sites is 1. The summed E-state index contributed by atoms with van der Waals surface area (Å²) in [6.45, 7) is 0.539. The Morgan fingerprint density at radius 3 is 2.35 bits per heavy atom. The average Bonchev–Trinajstić information content (AvgIpc) is 2.30. The smallest absolute Gasteiger partial charge is 1.00 e. The summed E-state index contributed by atoms with van der Waals surface area (Å²) in [4.78, 5) is 0. The van der Waals surface area contributed by atoms with Gasteiger partial charge in [-0.1, -0.05) is 23.7 Å². The molecule has 0 amide bonds. The Morgan fingerprint density at radius 1 is 1.06 bits per heavy atom. The molecule has 84 valence electrons. The van der Waals surface area contributed by atoms with E-state index in [1.165, 1.54) is 0 Å². The second-order valence-corrected chi connectivity index (χ2v) is 3.58. The van der Waals surface area contributed by atoms with Crippen molar-refractivity contribution in [1.82, 2.24) is 0 Å². The van der Waals surface area contributed by atoms with Crippen LogP contribution in [0.25, 0.3) is 0 Å². The molecule has 0 atom stereocenters. The maximum absolute atomic E-state index is 5.78. The van der Waals surface area contributed by atoms with E-state index in [9.17, 15) is 0 Å². The van der Waals surface area contributed by atoms with Gasteiger partial charge in [0.2, 0.25) is 0 Å². The standard InChI is InChI=1S/C13H10ClO.BrH.Mg/c14-12-8-6-11(7-9-12)10-15-13-4-2-1-3-5-13;;/h1-4,6-9H,10H2;1H;/q-1;;+2/p-1. The molecule has 0 saturated heterocycles.